The van der Waals surface area contributed by atoms with Crippen LogP contribution in [-0.2, 0) is 0 Å². The minimum atomic E-state index is 0. The van der Waals surface area contributed by atoms with Crippen molar-refractivity contribution in [3.05, 3.63) is 106 Å². The van der Waals surface area contributed by atoms with Crippen molar-refractivity contribution in [3.63, 3.8) is 0 Å². The van der Waals surface area contributed by atoms with Gasteiger partial charge in [-0.3, -0.25) is 9.59 Å². The molecule has 2 nitrogen and oxygen atoms in total. The molecule has 246 valence electrons. The van der Waals surface area contributed by atoms with Crippen LogP contribution in [0.3, 0.4) is 0 Å². The number of carbonyl (C=O) groups is 2. The monoisotopic (exact) mass is 595 g/mol. The van der Waals surface area contributed by atoms with Crippen molar-refractivity contribution in [2.75, 3.05) is 0 Å². The molecular formula is C41H70O2. The molecule has 0 aliphatic heterocycles. The van der Waals surface area contributed by atoms with Crippen LogP contribution in [0, 0.1) is 39.5 Å². The first-order valence-electron chi connectivity index (χ1n) is 14.6. The number of ketones is 2. The van der Waals surface area contributed by atoms with Crippen LogP contribution in [0.25, 0.3) is 0 Å². The predicted molar refractivity (Wildman–Crippen MR) is 199 cm³/mol. The Morgan fingerprint density at radius 1 is 0.744 bits per heavy atom. The van der Waals surface area contributed by atoms with E-state index in [1.807, 2.05) is 71.9 Å². The Morgan fingerprint density at radius 3 is 1.40 bits per heavy atom. The topological polar surface area (TPSA) is 34.1 Å². The summed E-state index contributed by atoms with van der Waals surface area (Å²) in [4.78, 5) is 22.0. The third kappa shape index (κ3) is 26.4. The van der Waals surface area contributed by atoms with Gasteiger partial charge in [0.25, 0.3) is 0 Å². The molecule has 1 aliphatic carbocycles. The van der Waals surface area contributed by atoms with Crippen molar-refractivity contribution >= 4 is 11.6 Å². The maximum Gasteiger partial charge on any atom is 0.160 e. The number of rotatable bonds is 3. The van der Waals surface area contributed by atoms with Crippen molar-refractivity contribution in [2.45, 2.75) is 132 Å². The fourth-order valence-corrected chi connectivity index (χ4v) is 3.38. The maximum atomic E-state index is 11.0. The summed E-state index contributed by atoms with van der Waals surface area (Å²) in [5, 5.41) is 0. The smallest absolute Gasteiger partial charge is 0.160 e. The van der Waals surface area contributed by atoms with Crippen LogP contribution in [0.15, 0.2) is 72.4 Å². The lowest BCUT2D eigenvalue weighted by Crippen LogP contribution is -2.08. The molecule has 2 atom stereocenters. The molecule has 0 fully saturated rings. The van der Waals surface area contributed by atoms with Gasteiger partial charge in [0.2, 0.25) is 0 Å². The van der Waals surface area contributed by atoms with Crippen molar-refractivity contribution in [3.8, 4) is 0 Å². The molecule has 0 saturated heterocycles. The molecule has 3 rings (SSSR count). The number of benzene rings is 2. The molecule has 0 aromatic heterocycles. The normalized spacial score (nSPS) is 13.7. The molecule has 1 aliphatic rings. The molecule has 2 unspecified atom stereocenters. The SMILES string of the molecule is C.C.C.C=C(C)CC.CC(=O)c1cc(C)cc(C)c1.CC(=O)c1cc(C)ccc1C.CC1CC=CCC1C.CC=C(C)C. The fourth-order valence-electron chi connectivity index (χ4n) is 3.38. The molecular weight excluding hydrogens is 524 g/mol. The van der Waals surface area contributed by atoms with E-state index in [2.05, 4.69) is 65.5 Å². The number of aryl methyl sites for hydroxylation is 4. The van der Waals surface area contributed by atoms with Crippen LogP contribution in [0.1, 0.15) is 147 Å². The van der Waals surface area contributed by atoms with Gasteiger partial charge in [-0.25, -0.2) is 0 Å². The molecule has 2 heteroatoms. The van der Waals surface area contributed by atoms with E-state index >= 15 is 0 Å². The largest absolute Gasteiger partial charge is 0.295 e. The van der Waals surface area contributed by atoms with E-state index in [0.717, 1.165) is 51.6 Å². The van der Waals surface area contributed by atoms with Gasteiger partial charge in [0, 0.05) is 11.1 Å². The third-order valence-electron chi connectivity index (χ3n) is 6.74. The highest BCUT2D eigenvalue weighted by molar-refractivity contribution is 5.95. The van der Waals surface area contributed by atoms with Crippen molar-refractivity contribution < 1.29 is 9.59 Å². The standard InChI is InChI=1S/2C10H12O.C8H14.2C5H10.3CH4/c1-7-4-8(2)6-10(5-7)9(3)11;1-7-4-5-8(2)10(6-7)9(3)11;1-7-5-3-4-6-8(7)2;2*1-4-5(2)3;;;/h2*4-6H,1-3H3;3-4,7-8H,5-6H2,1-2H3;4H,1-3H3;2,4H2,1,3H3;3*1H4. The van der Waals surface area contributed by atoms with E-state index in [1.54, 1.807) is 13.8 Å². The summed E-state index contributed by atoms with van der Waals surface area (Å²) < 4.78 is 0. The van der Waals surface area contributed by atoms with E-state index in [9.17, 15) is 9.59 Å². The molecule has 0 spiro atoms. The highest BCUT2D eigenvalue weighted by Gasteiger charge is 2.11. The summed E-state index contributed by atoms with van der Waals surface area (Å²) in [7, 11) is 0. The minimum Gasteiger partial charge on any atom is -0.295 e. The summed E-state index contributed by atoms with van der Waals surface area (Å²) >= 11 is 0. The fraction of sp³-hybridized carbons (Fsp3) is 0.512. The second-order valence-electron chi connectivity index (χ2n) is 11.4. The number of hydrogen-bond donors (Lipinski definition) is 0. The molecule has 0 amide bonds. The summed E-state index contributed by atoms with van der Waals surface area (Å²) in [5.41, 5.74) is 8.77. The molecule has 43 heavy (non-hydrogen) atoms. The summed E-state index contributed by atoms with van der Waals surface area (Å²) in [6.45, 7) is 29.8. The van der Waals surface area contributed by atoms with Crippen LogP contribution in [0.2, 0.25) is 0 Å². The zero-order valence-electron chi connectivity index (χ0n) is 28.0. The van der Waals surface area contributed by atoms with Crippen LogP contribution < -0.4 is 0 Å². The number of Topliss-reactive ketones (excluding diaryl/α,β-unsaturated/α-hetero) is 2. The Morgan fingerprint density at radius 2 is 1.14 bits per heavy atom. The number of hydrogen-bond acceptors (Lipinski definition) is 2. The molecule has 0 radical (unpaired) electrons. The van der Waals surface area contributed by atoms with Gasteiger partial charge in [-0.2, -0.15) is 0 Å². The predicted octanol–water partition coefficient (Wildman–Crippen LogP) is 13.5. The summed E-state index contributed by atoms with van der Waals surface area (Å²) in [6, 6.07) is 11.8. The zero-order chi connectivity index (χ0) is 31.4. The molecule has 2 aromatic rings. The Balaban J connectivity index is -0.000000143. The maximum absolute atomic E-state index is 11.0. The van der Waals surface area contributed by atoms with Gasteiger partial charge < -0.3 is 0 Å². The summed E-state index contributed by atoms with van der Waals surface area (Å²) in [5.74, 6) is 2.11. The van der Waals surface area contributed by atoms with Crippen molar-refractivity contribution in [1.82, 2.24) is 0 Å². The molecule has 2 aromatic carbocycles. The Labute approximate surface area is 269 Å². The Hall–Kier alpha value is -3.00. The molecule has 0 N–H and O–H groups in total. The van der Waals surface area contributed by atoms with Crippen LogP contribution in [-0.4, -0.2) is 11.6 Å². The van der Waals surface area contributed by atoms with Crippen molar-refractivity contribution in [1.29, 1.82) is 0 Å². The van der Waals surface area contributed by atoms with E-state index < -0.39 is 0 Å². The van der Waals surface area contributed by atoms with Gasteiger partial charge in [0.15, 0.2) is 11.6 Å². The van der Waals surface area contributed by atoms with Gasteiger partial charge in [-0.1, -0.05) is 107 Å². The number of allylic oxidation sites excluding steroid dienone is 5. The lowest BCUT2D eigenvalue weighted by Gasteiger charge is -2.19. The summed E-state index contributed by atoms with van der Waals surface area (Å²) in [6.07, 6.45) is 10.4. The van der Waals surface area contributed by atoms with Crippen molar-refractivity contribution in [2.24, 2.45) is 11.8 Å². The van der Waals surface area contributed by atoms with E-state index in [0.29, 0.717) is 0 Å². The quantitative estimate of drug-likeness (QED) is 0.262. The van der Waals surface area contributed by atoms with Gasteiger partial charge >= 0.3 is 0 Å². The van der Waals surface area contributed by atoms with Gasteiger partial charge in [-0.05, 0) is 124 Å². The average molecular weight is 595 g/mol. The second-order valence-corrected chi connectivity index (χ2v) is 11.4. The first kappa shape index (κ1) is 49.7. The lowest BCUT2D eigenvalue weighted by atomic mass is 9.86. The molecule has 0 bridgehead atoms. The first-order chi connectivity index (χ1) is 18.5. The Kier molecular flexibility index (Phi) is 32.1. The number of carbonyl (C=O) groups excluding carboxylic acids is 2. The zero-order valence-corrected chi connectivity index (χ0v) is 28.0. The van der Waals surface area contributed by atoms with Crippen LogP contribution in [0.4, 0.5) is 0 Å². The van der Waals surface area contributed by atoms with E-state index in [4.69, 9.17) is 0 Å². The average Bonchev–Trinajstić information content (AvgIpc) is 2.88. The van der Waals surface area contributed by atoms with Gasteiger partial charge in [-0.15, -0.1) is 6.58 Å². The second kappa shape index (κ2) is 27.8. The third-order valence-corrected chi connectivity index (χ3v) is 6.74. The lowest BCUT2D eigenvalue weighted by molar-refractivity contribution is 0.100. The molecule has 0 saturated carbocycles. The highest BCUT2D eigenvalue weighted by Crippen LogP contribution is 2.23. The van der Waals surface area contributed by atoms with Crippen LogP contribution >= 0.6 is 0 Å². The minimum absolute atomic E-state index is 0. The van der Waals surface area contributed by atoms with Crippen LogP contribution in [0.5, 0.6) is 0 Å². The first-order valence-corrected chi connectivity index (χ1v) is 14.6. The Bertz CT molecular complexity index is 1080. The van der Waals surface area contributed by atoms with Gasteiger partial charge in [0.05, 0.1) is 0 Å². The van der Waals surface area contributed by atoms with E-state index in [1.165, 1.54) is 24.0 Å². The van der Waals surface area contributed by atoms with E-state index in [-0.39, 0.29) is 33.8 Å². The molecule has 0 heterocycles. The highest BCUT2D eigenvalue weighted by atomic mass is 16.1. The van der Waals surface area contributed by atoms with Gasteiger partial charge in [0.1, 0.15) is 0 Å².